The predicted molar refractivity (Wildman–Crippen MR) is 49.8 cm³/mol. The van der Waals surface area contributed by atoms with Crippen molar-refractivity contribution in [3.8, 4) is 0 Å². The van der Waals surface area contributed by atoms with Crippen LogP contribution in [0, 0.1) is 0 Å². The van der Waals surface area contributed by atoms with E-state index in [9.17, 15) is 22.4 Å². The molecular formula is C9H6F4O2S. The molecule has 16 heavy (non-hydrogen) atoms. The summed E-state index contributed by atoms with van der Waals surface area (Å²) < 4.78 is 50.1. The molecule has 0 saturated carbocycles. The van der Waals surface area contributed by atoms with Crippen molar-refractivity contribution in [1.29, 1.82) is 0 Å². The van der Waals surface area contributed by atoms with E-state index in [4.69, 9.17) is 5.11 Å². The van der Waals surface area contributed by atoms with E-state index in [2.05, 4.69) is 0 Å². The van der Waals surface area contributed by atoms with Crippen LogP contribution in [-0.4, -0.2) is 22.3 Å². The molecule has 0 bridgehead atoms. The molecule has 0 radical (unpaired) electrons. The first-order valence-corrected chi connectivity index (χ1v) is 4.82. The van der Waals surface area contributed by atoms with E-state index >= 15 is 0 Å². The normalized spacial score (nSPS) is 15.5. The lowest BCUT2D eigenvalue weighted by Gasteiger charge is -2.22. The number of aliphatic carboxylic acids is 1. The van der Waals surface area contributed by atoms with Crippen LogP contribution >= 0.6 is 11.8 Å². The summed E-state index contributed by atoms with van der Waals surface area (Å²) in [5.41, 5.74) is 0. The number of carboxylic acids is 1. The molecule has 0 fully saturated rings. The quantitative estimate of drug-likeness (QED) is 0.665. The summed E-state index contributed by atoms with van der Waals surface area (Å²) >= 11 is -0.385. The highest BCUT2D eigenvalue weighted by molar-refractivity contribution is 8.01. The molecule has 1 aromatic carbocycles. The fourth-order valence-corrected chi connectivity index (χ4v) is 1.69. The molecule has 1 unspecified atom stereocenters. The molecule has 0 aromatic heterocycles. The molecule has 0 aliphatic heterocycles. The Morgan fingerprint density at radius 1 is 1.12 bits per heavy atom. The molecule has 1 rings (SSSR count). The Hall–Kier alpha value is -1.24. The van der Waals surface area contributed by atoms with Crippen molar-refractivity contribution in [3.05, 3.63) is 30.3 Å². The molecule has 0 aliphatic rings. The smallest absolute Gasteiger partial charge is 0.443 e. The van der Waals surface area contributed by atoms with Crippen molar-refractivity contribution in [3.63, 3.8) is 0 Å². The minimum atomic E-state index is -5.47. The maximum absolute atomic E-state index is 13.3. The third kappa shape index (κ3) is 2.46. The minimum Gasteiger partial charge on any atom is -0.478 e. The first-order valence-electron chi connectivity index (χ1n) is 4.00. The summed E-state index contributed by atoms with van der Waals surface area (Å²) in [5.74, 6) is -2.56. The summed E-state index contributed by atoms with van der Waals surface area (Å²) in [6, 6.07) is 6.71. The maximum atomic E-state index is 13.3. The molecule has 7 heteroatoms. The minimum absolute atomic E-state index is 0.107. The topological polar surface area (TPSA) is 37.3 Å². The average molecular weight is 254 g/mol. The lowest BCUT2D eigenvalue weighted by Crippen LogP contribution is -2.45. The molecular weight excluding hydrogens is 248 g/mol. The van der Waals surface area contributed by atoms with Gasteiger partial charge in [-0.05, 0) is 12.1 Å². The van der Waals surface area contributed by atoms with Crippen LogP contribution in [0.1, 0.15) is 0 Å². The maximum Gasteiger partial charge on any atom is 0.443 e. The molecule has 0 spiro atoms. The zero-order valence-corrected chi connectivity index (χ0v) is 8.48. The standard InChI is InChI=1S/C9H6F4O2S/c10-8(7(14)15,9(11,12)13)16-6-4-2-1-3-5-6/h1-5H,(H,14,15). The predicted octanol–water partition coefficient (Wildman–Crippen LogP) is 3.09. The van der Waals surface area contributed by atoms with Gasteiger partial charge in [0.2, 0.25) is 0 Å². The molecule has 0 aliphatic carbocycles. The number of thioether (sulfide) groups is 1. The van der Waals surface area contributed by atoms with Gasteiger partial charge in [-0.15, -0.1) is 0 Å². The highest BCUT2D eigenvalue weighted by Gasteiger charge is 2.63. The first-order chi connectivity index (χ1) is 7.27. The lowest BCUT2D eigenvalue weighted by atomic mass is 10.4. The van der Waals surface area contributed by atoms with Gasteiger partial charge in [-0.3, -0.25) is 0 Å². The Morgan fingerprint density at radius 3 is 2.00 bits per heavy atom. The van der Waals surface area contributed by atoms with Gasteiger partial charge < -0.3 is 5.11 Å². The summed E-state index contributed by atoms with van der Waals surface area (Å²) in [6.45, 7) is 0. The van der Waals surface area contributed by atoms with Crippen molar-refractivity contribution in [2.24, 2.45) is 0 Å². The number of benzene rings is 1. The van der Waals surface area contributed by atoms with E-state index < -0.39 is 17.1 Å². The van der Waals surface area contributed by atoms with Gasteiger partial charge in [-0.2, -0.15) is 13.2 Å². The van der Waals surface area contributed by atoms with Crippen molar-refractivity contribution >= 4 is 17.7 Å². The van der Waals surface area contributed by atoms with Crippen LogP contribution in [0.2, 0.25) is 0 Å². The average Bonchev–Trinajstić information content (AvgIpc) is 2.17. The Balaban J connectivity index is 3.03. The second-order valence-corrected chi connectivity index (χ2v) is 4.05. The van der Waals surface area contributed by atoms with Gasteiger partial charge in [0.25, 0.3) is 0 Å². The van der Waals surface area contributed by atoms with Gasteiger partial charge >= 0.3 is 17.1 Å². The number of carbonyl (C=O) groups is 1. The fourth-order valence-electron chi connectivity index (χ4n) is 0.874. The molecule has 2 nitrogen and oxygen atoms in total. The molecule has 1 aromatic rings. The number of alkyl halides is 4. The third-order valence-corrected chi connectivity index (χ3v) is 2.84. The van der Waals surface area contributed by atoms with E-state index in [0.29, 0.717) is 0 Å². The van der Waals surface area contributed by atoms with E-state index in [1.165, 1.54) is 30.3 Å². The monoisotopic (exact) mass is 254 g/mol. The summed E-state index contributed by atoms with van der Waals surface area (Å²) in [6.07, 6.45) is -5.47. The molecule has 1 atom stereocenters. The number of hydrogen-bond acceptors (Lipinski definition) is 2. The van der Waals surface area contributed by atoms with Gasteiger partial charge in [0.1, 0.15) is 0 Å². The van der Waals surface area contributed by atoms with Crippen LogP contribution < -0.4 is 0 Å². The number of hydrogen-bond donors (Lipinski definition) is 1. The zero-order chi connectivity index (χ0) is 12.4. The second-order valence-electron chi connectivity index (χ2n) is 2.81. The van der Waals surface area contributed by atoms with Gasteiger partial charge in [0.15, 0.2) is 0 Å². The Bertz CT molecular complexity index is 379. The lowest BCUT2D eigenvalue weighted by molar-refractivity contribution is -0.207. The molecule has 1 N–H and O–H groups in total. The summed E-state index contributed by atoms with van der Waals surface area (Å²) in [4.78, 5) is 10.2. The van der Waals surface area contributed by atoms with Crippen molar-refractivity contribution in [2.75, 3.05) is 0 Å². The summed E-state index contributed by atoms with van der Waals surface area (Å²) in [7, 11) is 0. The van der Waals surface area contributed by atoms with Crippen LogP contribution in [0.25, 0.3) is 0 Å². The Kier molecular flexibility index (Phi) is 3.47. The van der Waals surface area contributed by atoms with E-state index in [1.54, 1.807) is 0 Å². The molecule has 0 heterocycles. The van der Waals surface area contributed by atoms with Gasteiger partial charge in [0, 0.05) is 4.90 Å². The Labute approximate surface area is 92.3 Å². The van der Waals surface area contributed by atoms with Crippen LogP contribution in [-0.2, 0) is 4.79 Å². The molecule has 88 valence electrons. The van der Waals surface area contributed by atoms with Crippen molar-refractivity contribution < 1.29 is 27.5 Å². The van der Waals surface area contributed by atoms with Crippen LogP contribution in [0.4, 0.5) is 17.6 Å². The number of carboxylic acid groups (broad SMARTS) is 1. The van der Waals surface area contributed by atoms with Crippen LogP contribution in [0.15, 0.2) is 35.2 Å². The SMILES string of the molecule is O=C(O)C(F)(Sc1ccccc1)C(F)(F)F. The largest absolute Gasteiger partial charge is 0.478 e. The fraction of sp³-hybridized carbons (Fsp3) is 0.222. The number of halogens is 4. The Morgan fingerprint density at radius 2 is 1.62 bits per heavy atom. The molecule has 0 amide bonds. The highest BCUT2D eigenvalue weighted by Crippen LogP contribution is 2.46. The highest BCUT2D eigenvalue weighted by atomic mass is 32.2. The third-order valence-electron chi connectivity index (χ3n) is 1.64. The summed E-state index contributed by atoms with van der Waals surface area (Å²) in [5, 5.41) is 3.99. The van der Waals surface area contributed by atoms with Crippen LogP contribution in [0.3, 0.4) is 0 Å². The van der Waals surface area contributed by atoms with Gasteiger partial charge in [-0.25, -0.2) is 9.18 Å². The first kappa shape index (κ1) is 12.8. The van der Waals surface area contributed by atoms with Crippen molar-refractivity contribution in [1.82, 2.24) is 0 Å². The van der Waals surface area contributed by atoms with Gasteiger partial charge in [-0.1, -0.05) is 30.0 Å². The van der Waals surface area contributed by atoms with E-state index in [1.807, 2.05) is 0 Å². The molecule has 0 saturated heterocycles. The van der Waals surface area contributed by atoms with E-state index in [0.717, 1.165) is 0 Å². The second kappa shape index (κ2) is 4.32. The zero-order valence-electron chi connectivity index (χ0n) is 7.66. The van der Waals surface area contributed by atoms with E-state index in [-0.39, 0.29) is 16.7 Å². The number of rotatable bonds is 3. The van der Waals surface area contributed by atoms with Crippen LogP contribution in [0.5, 0.6) is 0 Å². The van der Waals surface area contributed by atoms with Gasteiger partial charge in [0.05, 0.1) is 0 Å². The van der Waals surface area contributed by atoms with Crippen molar-refractivity contribution in [2.45, 2.75) is 16.1 Å².